The number of carboxylic acid groups (broad SMARTS) is 1. The minimum absolute atomic E-state index is 0.00823. The molecule has 0 aliphatic heterocycles. The van der Waals surface area contributed by atoms with E-state index in [4.69, 9.17) is 16.7 Å². The molecule has 0 amide bonds. The summed E-state index contributed by atoms with van der Waals surface area (Å²) in [6.07, 6.45) is 1.30. The Balaban J connectivity index is 2.45. The van der Waals surface area contributed by atoms with Crippen LogP contribution in [0.25, 0.3) is 0 Å². The standard InChI is InChI=1S/C13H11ClN2O4S/c1-8-7-9(14)4-5-11(8)21(19,20)16-12-10(13(17)18)3-2-6-15-12/h2-7H,1H3,(H,15,16)(H,17,18). The van der Waals surface area contributed by atoms with E-state index < -0.39 is 16.0 Å². The van der Waals surface area contributed by atoms with Crippen molar-refractivity contribution < 1.29 is 18.3 Å². The summed E-state index contributed by atoms with van der Waals surface area (Å²) < 4.78 is 26.8. The fourth-order valence-corrected chi connectivity index (χ4v) is 3.24. The number of aryl methyl sites for hydroxylation is 1. The molecule has 1 aromatic carbocycles. The smallest absolute Gasteiger partial charge is 0.339 e. The lowest BCUT2D eigenvalue weighted by molar-refractivity contribution is 0.0697. The Kier molecular flexibility index (Phi) is 4.15. The molecule has 0 aliphatic carbocycles. The second-order valence-corrected chi connectivity index (χ2v) is 6.31. The van der Waals surface area contributed by atoms with Crippen LogP contribution in [0.2, 0.25) is 5.02 Å². The predicted molar refractivity (Wildman–Crippen MR) is 78.2 cm³/mol. The molecule has 2 aromatic rings. The molecule has 2 N–H and O–H groups in total. The Morgan fingerprint density at radius 2 is 2.05 bits per heavy atom. The summed E-state index contributed by atoms with van der Waals surface area (Å²) in [6, 6.07) is 6.98. The van der Waals surface area contributed by atoms with Crippen molar-refractivity contribution in [1.82, 2.24) is 4.98 Å². The number of aromatic carboxylic acids is 1. The number of hydrogen-bond donors (Lipinski definition) is 2. The Morgan fingerprint density at radius 1 is 1.33 bits per heavy atom. The third-order valence-electron chi connectivity index (χ3n) is 2.70. The molecule has 8 heteroatoms. The average Bonchev–Trinajstić information content (AvgIpc) is 2.37. The van der Waals surface area contributed by atoms with Gasteiger partial charge >= 0.3 is 5.97 Å². The van der Waals surface area contributed by atoms with Gasteiger partial charge in [0.25, 0.3) is 10.0 Å². The largest absolute Gasteiger partial charge is 0.478 e. The van der Waals surface area contributed by atoms with Gasteiger partial charge in [-0.25, -0.2) is 18.2 Å². The topological polar surface area (TPSA) is 96.4 Å². The van der Waals surface area contributed by atoms with Gasteiger partial charge in [-0.2, -0.15) is 0 Å². The molecule has 0 spiro atoms. The summed E-state index contributed by atoms with van der Waals surface area (Å²) in [5.74, 6) is -1.51. The van der Waals surface area contributed by atoms with E-state index in [0.717, 1.165) is 0 Å². The fraction of sp³-hybridized carbons (Fsp3) is 0.0769. The maximum Gasteiger partial charge on any atom is 0.339 e. The van der Waals surface area contributed by atoms with Gasteiger partial charge in [0.1, 0.15) is 5.56 Å². The van der Waals surface area contributed by atoms with Crippen molar-refractivity contribution in [1.29, 1.82) is 0 Å². The third-order valence-corrected chi connectivity index (χ3v) is 4.43. The van der Waals surface area contributed by atoms with Gasteiger partial charge < -0.3 is 5.11 Å². The number of carbonyl (C=O) groups is 1. The van der Waals surface area contributed by atoms with Crippen molar-refractivity contribution in [3.8, 4) is 0 Å². The van der Waals surface area contributed by atoms with Gasteiger partial charge in [-0.05, 0) is 42.8 Å². The molecule has 0 saturated heterocycles. The Bertz CT molecular complexity index is 806. The van der Waals surface area contributed by atoms with E-state index in [9.17, 15) is 13.2 Å². The van der Waals surface area contributed by atoms with Gasteiger partial charge in [-0.1, -0.05) is 11.6 Å². The summed E-state index contributed by atoms with van der Waals surface area (Å²) in [5, 5.41) is 9.44. The summed E-state index contributed by atoms with van der Waals surface area (Å²) in [7, 11) is -3.95. The van der Waals surface area contributed by atoms with Crippen LogP contribution in [0.1, 0.15) is 15.9 Å². The Labute approximate surface area is 126 Å². The van der Waals surface area contributed by atoms with Crippen LogP contribution in [0, 0.1) is 6.92 Å². The summed E-state index contributed by atoms with van der Waals surface area (Å²) in [6.45, 7) is 1.59. The third kappa shape index (κ3) is 3.32. The Morgan fingerprint density at radius 3 is 2.67 bits per heavy atom. The van der Waals surface area contributed by atoms with Crippen molar-refractivity contribution in [2.75, 3.05) is 4.72 Å². The monoisotopic (exact) mass is 326 g/mol. The van der Waals surface area contributed by atoms with Crippen molar-refractivity contribution in [3.63, 3.8) is 0 Å². The van der Waals surface area contributed by atoms with Gasteiger partial charge in [0.15, 0.2) is 5.82 Å². The summed E-state index contributed by atoms with van der Waals surface area (Å²) >= 11 is 5.79. The number of halogens is 1. The molecule has 21 heavy (non-hydrogen) atoms. The number of aromatic nitrogens is 1. The first-order chi connectivity index (χ1) is 9.81. The predicted octanol–water partition coefficient (Wildman–Crippen LogP) is 2.54. The molecule has 1 aromatic heterocycles. The molecular formula is C13H11ClN2O4S. The Hall–Kier alpha value is -2.12. The first-order valence-corrected chi connectivity index (χ1v) is 7.64. The lowest BCUT2D eigenvalue weighted by atomic mass is 10.2. The van der Waals surface area contributed by atoms with Gasteiger partial charge in [0.05, 0.1) is 4.90 Å². The molecule has 0 aliphatic rings. The van der Waals surface area contributed by atoms with Crippen LogP contribution in [0.15, 0.2) is 41.4 Å². The number of anilines is 1. The highest BCUT2D eigenvalue weighted by Gasteiger charge is 2.21. The van der Waals surface area contributed by atoms with E-state index in [1.54, 1.807) is 6.92 Å². The molecule has 6 nitrogen and oxygen atoms in total. The number of rotatable bonds is 4. The quantitative estimate of drug-likeness (QED) is 0.900. The van der Waals surface area contributed by atoms with Crippen LogP contribution in [0.4, 0.5) is 5.82 Å². The zero-order valence-corrected chi connectivity index (χ0v) is 12.4. The average molecular weight is 327 g/mol. The number of pyridine rings is 1. The number of sulfonamides is 1. The lowest BCUT2D eigenvalue weighted by Crippen LogP contribution is -2.17. The minimum atomic E-state index is -3.95. The van der Waals surface area contributed by atoms with E-state index in [1.807, 2.05) is 0 Å². The van der Waals surface area contributed by atoms with Gasteiger partial charge in [0, 0.05) is 11.2 Å². The van der Waals surface area contributed by atoms with Gasteiger partial charge in [-0.3, -0.25) is 4.72 Å². The van der Waals surface area contributed by atoms with Crippen molar-refractivity contribution >= 4 is 33.4 Å². The summed E-state index contributed by atoms with van der Waals surface area (Å²) in [4.78, 5) is 14.8. The molecule has 0 bridgehead atoms. The second-order valence-electron chi connectivity index (χ2n) is 4.22. The number of nitrogens with one attached hydrogen (secondary N) is 1. The lowest BCUT2D eigenvalue weighted by Gasteiger charge is -2.11. The molecular weight excluding hydrogens is 316 g/mol. The molecule has 0 unspecified atom stereocenters. The van der Waals surface area contributed by atoms with E-state index in [1.165, 1.54) is 36.5 Å². The SMILES string of the molecule is Cc1cc(Cl)ccc1S(=O)(=O)Nc1ncccc1C(=O)O. The zero-order valence-electron chi connectivity index (χ0n) is 10.9. The number of carboxylic acids is 1. The molecule has 0 saturated carbocycles. The first kappa shape index (κ1) is 15.3. The van der Waals surface area contributed by atoms with Crippen LogP contribution in [-0.4, -0.2) is 24.5 Å². The van der Waals surface area contributed by atoms with Gasteiger partial charge in [-0.15, -0.1) is 0 Å². The van der Waals surface area contributed by atoms with Gasteiger partial charge in [0.2, 0.25) is 0 Å². The summed E-state index contributed by atoms with van der Waals surface area (Å²) in [5.41, 5.74) is 0.218. The molecule has 2 rings (SSSR count). The highest BCUT2D eigenvalue weighted by atomic mass is 35.5. The normalized spacial score (nSPS) is 11.1. The van der Waals surface area contributed by atoms with Crippen molar-refractivity contribution in [2.45, 2.75) is 11.8 Å². The van der Waals surface area contributed by atoms with E-state index >= 15 is 0 Å². The zero-order chi connectivity index (χ0) is 15.6. The van der Waals surface area contributed by atoms with Crippen LogP contribution >= 0.6 is 11.6 Å². The highest BCUT2D eigenvalue weighted by Crippen LogP contribution is 2.23. The van der Waals surface area contributed by atoms with E-state index in [2.05, 4.69) is 9.71 Å². The minimum Gasteiger partial charge on any atom is -0.478 e. The molecule has 1 heterocycles. The van der Waals surface area contributed by atoms with E-state index in [-0.39, 0.29) is 16.3 Å². The molecule has 110 valence electrons. The molecule has 0 radical (unpaired) electrons. The van der Waals surface area contributed by atoms with Crippen molar-refractivity contribution in [2.24, 2.45) is 0 Å². The second kappa shape index (κ2) is 5.71. The first-order valence-electron chi connectivity index (χ1n) is 5.78. The van der Waals surface area contributed by atoms with Crippen molar-refractivity contribution in [3.05, 3.63) is 52.7 Å². The molecule has 0 fully saturated rings. The van der Waals surface area contributed by atoms with Crippen LogP contribution in [-0.2, 0) is 10.0 Å². The highest BCUT2D eigenvalue weighted by molar-refractivity contribution is 7.92. The fourth-order valence-electron chi connectivity index (χ4n) is 1.76. The molecule has 0 atom stereocenters. The number of hydrogen-bond acceptors (Lipinski definition) is 4. The number of benzene rings is 1. The van der Waals surface area contributed by atoms with Crippen LogP contribution in [0.5, 0.6) is 0 Å². The maximum atomic E-state index is 12.3. The van der Waals surface area contributed by atoms with E-state index in [0.29, 0.717) is 10.6 Å². The number of nitrogens with zero attached hydrogens (tertiary/aromatic N) is 1. The van der Waals surface area contributed by atoms with Crippen LogP contribution in [0.3, 0.4) is 0 Å². The maximum absolute atomic E-state index is 12.3. The van der Waals surface area contributed by atoms with Crippen LogP contribution < -0.4 is 4.72 Å².